The lowest BCUT2D eigenvalue weighted by Gasteiger charge is -2.19. The number of hydrogen-bond donors (Lipinski definition) is 2. The fraction of sp³-hybridized carbons (Fsp3) is 0.160. The van der Waals surface area contributed by atoms with Gasteiger partial charge in [-0.1, -0.05) is 36.4 Å². The van der Waals surface area contributed by atoms with Crippen molar-refractivity contribution in [3.8, 4) is 11.3 Å². The number of nitrogens with one attached hydrogen (secondary N) is 2. The first-order valence-electron chi connectivity index (χ1n) is 10.9. The Kier molecular flexibility index (Phi) is 5.86. The average Bonchev–Trinajstić information content (AvgIpc) is 3.52. The van der Waals surface area contributed by atoms with E-state index in [9.17, 15) is 13.2 Å². The number of halogens is 3. The summed E-state index contributed by atoms with van der Waals surface area (Å²) >= 11 is 0. The summed E-state index contributed by atoms with van der Waals surface area (Å²) in [4.78, 5) is 6.83. The zero-order valence-electron chi connectivity index (χ0n) is 18.8. The molecule has 0 amide bonds. The van der Waals surface area contributed by atoms with E-state index in [1.54, 1.807) is 23.0 Å². The standard InChI is InChI=1S/C25H22F3N7/c1-34(16-17-6-3-2-4-7-17)23-12-22(18-13-30-31-14-18)35-24(32-23)11-21(33-35)15-29-20-9-5-8-19(10-20)25(26,27)28/h2-14,29H,15-16H2,1H3,(H,30,31). The highest BCUT2D eigenvalue weighted by atomic mass is 19.4. The van der Waals surface area contributed by atoms with Crippen LogP contribution in [-0.2, 0) is 19.3 Å². The van der Waals surface area contributed by atoms with Crippen molar-refractivity contribution in [2.24, 2.45) is 0 Å². The predicted octanol–water partition coefficient (Wildman–Crippen LogP) is 5.39. The van der Waals surface area contributed by atoms with E-state index >= 15 is 0 Å². The summed E-state index contributed by atoms with van der Waals surface area (Å²) in [5.41, 5.74) is 3.72. The molecule has 2 N–H and O–H groups in total. The number of benzene rings is 2. The third kappa shape index (κ3) is 4.96. The van der Waals surface area contributed by atoms with Gasteiger partial charge in [-0.25, -0.2) is 9.50 Å². The highest BCUT2D eigenvalue weighted by Gasteiger charge is 2.30. The molecule has 3 aromatic heterocycles. The number of aromatic amines is 1. The van der Waals surface area contributed by atoms with Crippen molar-refractivity contribution in [2.45, 2.75) is 19.3 Å². The Morgan fingerprint density at radius 2 is 1.86 bits per heavy atom. The largest absolute Gasteiger partial charge is 0.416 e. The third-order valence-corrected chi connectivity index (χ3v) is 5.58. The molecule has 10 heteroatoms. The van der Waals surface area contributed by atoms with Gasteiger partial charge < -0.3 is 10.2 Å². The number of rotatable bonds is 7. The van der Waals surface area contributed by atoms with Crippen molar-refractivity contribution in [3.05, 3.63) is 95.9 Å². The summed E-state index contributed by atoms with van der Waals surface area (Å²) < 4.78 is 40.8. The minimum atomic E-state index is -4.40. The van der Waals surface area contributed by atoms with Gasteiger partial charge in [0.2, 0.25) is 0 Å². The van der Waals surface area contributed by atoms with Gasteiger partial charge in [-0.3, -0.25) is 5.10 Å². The van der Waals surface area contributed by atoms with Crippen molar-refractivity contribution in [2.75, 3.05) is 17.3 Å². The topological polar surface area (TPSA) is 74.1 Å². The number of alkyl halides is 3. The maximum Gasteiger partial charge on any atom is 0.416 e. The molecule has 0 aliphatic heterocycles. The van der Waals surface area contributed by atoms with Crippen LogP contribution >= 0.6 is 0 Å². The summed E-state index contributed by atoms with van der Waals surface area (Å²) in [5, 5.41) is 14.6. The van der Waals surface area contributed by atoms with Gasteiger partial charge in [0.1, 0.15) is 5.82 Å². The Morgan fingerprint density at radius 3 is 2.60 bits per heavy atom. The first-order valence-corrected chi connectivity index (χ1v) is 10.9. The van der Waals surface area contributed by atoms with E-state index in [1.807, 2.05) is 42.3 Å². The molecule has 0 aliphatic rings. The number of fused-ring (bicyclic) bond motifs is 1. The summed E-state index contributed by atoms with van der Waals surface area (Å²) in [7, 11) is 1.97. The third-order valence-electron chi connectivity index (χ3n) is 5.58. The van der Waals surface area contributed by atoms with Gasteiger partial charge in [-0.05, 0) is 23.8 Å². The van der Waals surface area contributed by atoms with Crippen LogP contribution < -0.4 is 10.2 Å². The van der Waals surface area contributed by atoms with Gasteiger partial charge in [-0.15, -0.1) is 0 Å². The highest BCUT2D eigenvalue weighted by molar-refractivity contribution is 5.66. The number of anilines is 2. The predicted molar refractivity (Wildman–Crippen MR) is 128 cm³/mol. The molecule has 0 spiro atoms. The van der Waals surface area contributed by atoms with Crippen LogP contribution in [0.5, 0.6) is 0 Å². The lowest BCUT2D eigenvalue weighted by atomic mass is 10.2. The van der Waals surface area contributed by atoms with Gasteiger partial charge in [0, 0.05) is 43.2 Å². The molecule has 5 aromatic rings. The van der Waals surface area contributed by atoms with Gasteiger partial charge in [-0.2, -0.15) is 23.4 Å². The molecule has 5 rings (SSSR count). The van der Waals surface area contributed by atoms with E-state index in [1.165, 1.54) is 6.07 Å². The Labute approximate surface area is 199 Å². The second kappa shape index (κ2) is 9.13. The highest BCUT2D eigenvalue weighted by Crippen LogP contribution is 2.31. The van der Waals surface area contributed by atoms with Crippen molar-refractivity contribution >= 4 is 17.2 Å². The average molecular weight is 477 g/mol. The summed E-state index contributed by atoms with van der Waals surface area (Å²) in [5.74, 6) is 0.759. The fourth-order valence-electron chi connectivity index (χ4n) is 3.82. The molecular formula is C25H22F3N7. The fourth-order valence-corrected chi connectivity index (χ4v) is 3.82. The van der Waals surface area contributed by atoms with E-state index in [-0.39, 0.29) is 6.54 Å². The van der Waals surface area contributed by atoms with Gasteiger partial charge in [0.15, 0.2) is 5.65 Å². The molecule has 0 unspecified atom stereocenters. The molecule has 3 heterocycles. The molecular weight excluding hydrogens is 455 g/mol. The quantitative estimate of drug-likeness (QED) is 0.329. The molecule has 7 nitrogen and oxygen atoms in total. The monoisotopic (exact) mass is 477 g/mol. The van der Waals surface area contributed by atoms with Crippen LogP contribution in [0.3, 0.4) is 0 Å². The molecule has 0 fully saturated rings. The van der Waals surface area contributed by atoms with Crippen LogP contribution in [0.4, 0.5) is 24.7 Å². The van der Waals surface area contributed by atoms with Crippen LogP contribution in [0.2, 0.25) is 0 Å². The molecule has 0 radical (unpaired) electrons. The number of aromatic nitrogens is 5. The number of H-pyrrole nitrogens is 1. The van der Waals surface area contributed by atoms with Crippen molar-refractivity contribution in [1.82, 2.24) is 24.8 Å². The van der Waals surface area contributed by atoms with Crippen LogP contribution in [0.1, 0.15) is 16.8 Å². The zero-order chi connectivity index (χ0) is 24.4. The van der Waals surface area contributed by atoms with E-state index in [0.29, 0.717) is 23.6 Å². The SMILES string of the molecule is CN(Cc1ccccc1)c1cc(-c2cn[nH]c2)n2nc(CNc3cccc(C(F)(F)F)c3)cc2n1. The lowest BCUT2D eigenvalue weighted by Crippen LogP contribution is -2.18. The lowest BCUT2D eigenvalue weighted by molar-refractivity contribution is -0.137. The number of nitrogens with zero attached hydrogens (tertiary/aromatic N) is 5. The zero-order valence-corrected chi connectivity index (χ0v) is 18.8. The van der Waals surface area contributed by atoms with Crippen LogP contribution in [0.25, 0.3) is 16.9 Å². The van der Waals surface area contributed by atoms with E-state index < -0.39 is 11.7 Å². The molecule has 0 aliphatic carbocycles. The summed E-state index contributed by atoms with van der Waals surface area (Å²) in [6.07, 6.45) is -0.914. The molecule has 178 valence electrons. The van der Waals surface area contributed by atoms with Crippen molar-refractivity contribution in [3.63, 3.8) is 0 Å². The van der Waals surface area contributed by atoms with Crippen LogP contribution in [-0.4, -0.2) is 31.8 Å². The maximum atomic E-state index is 13.0. The summed E-state index contributed by atoms with van der Waals surface area (Å²) in [6, 6.07) is 19.0. The second-order valence-electron chi connectivity index (χ2n) is 8.17. The van der Waals surface area contributed by atoms with Crippen molar-refractivity contribution in [1.29, 1.82) is 0 Å². The minimum Gasteiger partial charge on any atom is -0.379 e. The Balaban J connectivity index is 1.45. The molecule has 0 saturated carbocycles. The van der Waals surface area contributed by atoms with Crippen LogP contribution in [0, 0.1) is 0 Å². The van der Waals surface area contributed by atoms with E-state index in [0.717, 1.165) is 34.8 Å². The second-order valence-corrected chi connectivity index (χ2v) is 8.17. The van der Waals surface area contributed by atoms with Crippen molar-refractivity contribution < 1.29 is 13.2 Å². The normalized spacial score (nSPS) is 11.7. The van der Waals surface area contributed by atoms with Gasteiger partial charge in [0.25, 0.3) is 0 Å². The molecule has 0 atom stereocenters. The Bertz CT molecular complexity index is 1430. The smallest absolute Gasteiger partial charge is 0.379 e. The minimum absolute atomic E-state index is 0.241. The summed E-state index contributed by atoms with van der Waals surface area (Å²) in [6.45, 7) is 0.914. The Morgan fingerprint density at radius 1 is 1.03 bits per heavy atom. The number of hydrogen-bond acceptors (Lipinski definition) is 5. The first-order chi connectivity index (χ1) is 16.9. The van der Waals surface area contributed by atoms with E-state index in [2.05, 4.69) is 32.7 Å². The molecule has 0 saturated heterocycles. The van der Waals surface area contributed by atoms with Gasteiger partial charge in [0.05, 0.1) is 29.7 Å². The van der Waals surface area contributed by atoms with Crippen LogP contribution in [0.15, 0.2) is 79.1 Å². The molecule has 0 bridgehead atoms. The molecule has 35 heavy (non-hydrogen) atoms. The van der Waals surface area contributed by atoms with E-state index in [4.69, 9.17) is 4.98 Å². The van der Waals surface area contributed by atoms with Gasteiger partial charge >= 0.3 is 6.18 Å². The Hall–Kier alpha value is -4.34. The first kappa shape index (κ1) is 22.5. The maximum absolute atomic E-state index is 13.0. The molecule has 2 aromatic carbocycles.